The summed E-state index contributed by atoms with van der Waals surface area (Å²) in [5.41, 5.74) is 2.72. The van der Waals surface area contributed by atoms with E-state index in [1.54, 1.807) is 13.2 Å². The van der Waals surface area contributed by atoms with E-state index in [2.05, 4.69) is 5.16 Å². The van der Waals surface area contributed by atoms with Crippen molar-refractivity contribution in [2.75, 3.05) is 7.11 Å². The van der Waals surface area contributed by atoms with Crippen molar-refractivity contribution in [1.82, 2.24) is 5.16 Å². The first-order valence-corrected chi connectivity index (χ1v) is 5.01. The Morgan fingerprint density at radius 3 is 2.87 bits per heavy atom. The van der Waals surface area contributed by atoms with Gasteiger partial charge in [0, 0.05) is 17.5 Å². The van der Waals surface area contributed by atoms with Gasteiger partial charge in [-0.1, -0.05) is 5.16 Å². The van der Waals surface area contributed by atoms with Crippen molar-refractivity contribution >= 4 is 11.6 Å². The molecule has 15 heavy (non-hydrogen) atoms. The molecular weight excluding hydrogens is 214 g/mol. The van der Waals surface area contributed by atoms with E-state index in [4.69, 9.17) is 20.9 Å². The van der Waals surface area contributed by atoms with Crippen molar-refractivity contribution in [2.24, 2.45) is 0 Å². The lowest BCUT2D eigenvalue weighted by Gasteiger charge is -2.05. The van der Waals surface area contributed by atoms with Crippen LogP contribution in [0.4, 0.5) is 0 Å². The third-order valence-electron chi connectivity index (χ3n) is 2.09. The first kappa shape index (κ1) is 10.1. The SMILES string of the molecule is COc1cc(CCl)cc(-c2ccon2)c1. The van der Waals surface area contributed by atoms with Crippen LogP contribution in [0.15, 0.2) is 35.1 Å². The van der Waals surface area contributed by atoms with Crippen molar-refractivity contribution < 1.29 is 9.26 Å². The van der Waals surface area contributed by atoms with Crippen molar-refractivity contribution in [3.8, 4) is 17.0 Å². The van der Waals surface area contributed by atoms with Gasteiger partial charge in [0.2, 0.25) is 0 Å². The molecule has 0 saturated heterocycles. The topological polar surface area (TPSA) is 35.3 Å². The summed E-state index contributed by atoms with van der Waals surface area (Å²) in [4.78, 5) is 0. The number of nitrogens with zero attached hydrogens (tertiary/aromatic N) is 1. The molecule has 0 amide bonds. The smallest absolute Gasteiger partial charge is 0.124 e. The van der Waals surface area contributed by atoms with Crippen LogP contribution in [0.25, 0.3) is 11.3 Å². The van der Waals surface area contributed by atoms with E-state index >= 15 is 0 Å². The maximum Gasteiger partial charge on any atom is 0.124 e. The molecule has 0 saturated carbocycles. The summed E-state index contributed by atoms with van der Waals surface area (Å²) in [6.07, 6.45) is 1.54. The predicted molar refractivity (Wildman–Crippen MR) is 58.0 cm³/mol. The highest BCUT2D eigenvalue weighted by Crippen LogP contribution is 2.25. The minimum atomic E-state index is 0.446. The van der Waals surface area contributed by atoms with Gasteiger partial charge in [0.25, 0.3) is 0 Å². The highest BCUT2D eigenvalue weighted by molar-refractivity contribution is 6.17. The Hall–Kier alpha value is -1.48. The predicted octanol–water partition coefficient (Wildman–Crippen LogP) is 3.09. The molecule has 1 aromatic carbocycles. The van der Waals surface area contributed by atoms with E-state index in [0.29, 0.717) is 5.88 Å². The number of benzene rings is 1. The van der Waals surface area contributed by atoms with Gasteiger partial charge in [-0.05, 0) is 23.8 Å². The number of ether oxygens (including phenoxy) is 1. The Labute approximate surface area is 92.6 Å². The molecule has 0 fully saturated rings. The monoisotopic (exact) mass is 223 g/mol. The summed E-state index contributed by atoms with van der Waals surface area (Å²) < 4.78 is 9.97. The lowest BCUT2D eigenvalue weighted by molar-refractivity contribution is 0.414. The molecule has 0 radical (unpaired) electrons. The molecule has 4 heteroatoms. The average Bonchev–Trinajstić information content (AvgIpc) is 2.81. The number of halogens is 1. The van der Waals surface area contributed by atoms with Crippen molar-refractivity contribution in [3.05, 3.63) is 36.1 Å². The molecule has 0 aliphatic rings. The molecule has 0 N–H and O–H groups in total. The second-order valence-corrected chi connectivity index (χ2v) is 3.36. The Balaban J connectivity index is 2.47. The highest BCUT2D eigenvalue weighted by atomic mass is 35.5. The second kappa shape index (κ2) is 4.36. The first-order valence-electron chi connectivity index (χ1n) is 4.48. The molecule has 2 aromatic rings. The van der Waals surface area contributed by atoms with Gasteiger partial charge in [-0.3, -0.25) is 0 Å². The molecular formula is C11H10ClNO2. The molecule has 78 valence electrons. The van der Waals surface area contributed by atoms with Crippen LogP contribution in [0.5, 0.6) is 5.75 Å². The Kier molecular flexibility index (Phi) is 2.92. The van der Waals surface area contributed by atoms with Crippen molar-refractivity contribution in [2.45, 2.75) is 5.88 Å². The first-order chi connectivity index (χ1) is 7.33. The molecule has 0 unspecified atom stereocenters. The van der Waals surface area contributed by atoms with Crippen LogP contribution in [0.2, 0.25) is 0 Å². The molecule has 0 spiro atoms. The van der Waals surface area contributed by atoms with Gasteiger partial charge in [0.05, 0.1) is 7.11 Å². The van der Waals surface area contributed by atoms with Crippen LogP contribution in [0.3, 0.4) is 0 Å². The van der Waals surface area contributed by atoms with Gasteiger partial charge >= 0.3 is 0 Å². The maximum absolute atomic E-state index is 5.79. The third-order valence-corrected chi connectivity index (χ3v) is 2.40. The van der Waals surface area contributed by atoms with Crippen molar-refractivity contribution in [1.29, 1.82) is 0 Å². The average molecular weight is 224 g/mol. The molecule has 3 nitrogen and oxygen atoms in total. The molecule has 2 rings (SSSR count). The van der Waals surface area contributed by atoms with E-state index in [9.17, 15) is 0 Å². The zero-order valence-corrected chi connectivity index (χ0v) is 8.99. The number of aromatic nitrogens is 1. The Morgan fingerprint density at radius 2 is 2.27 bits per heavy atom. The fourth-order valence-electron chi connectivity index (χ4n) is 1.37. The van der Waals surface area contributed by atoms with Crippen molar-refractivity contribution in [3.63, 3.8) is 0 Å². The molecule has 0 aliphatic heterocycles. The number of hydrogen-bond donors (Lipinski definition) is 0. The summed E-state index contributed by atoms with van der Waals surface area (Å²) in [6, 6.07) is 7.56. The maximum atomic E-state index is 5.79. The number of alkyl halides is 1. The molecule has 1 heterocycles. The standard InChI is InChI=1S/C11H10ClNO2/c1-14-10-5-8(7-12)4-9(6-10)11-2-3-15-13-11/h2-6H,7H2,1H3. The van der Waals surface area contributed by atoms with Crippen LogP contribution in [0.1, 0.15) is 5.56 Å². The zero-order chi connectivity index (χ0) is 10.7. The van der Waals surface area contributed by atoms with Crippen LogP contribution >= 0.6 is 11.6 Å². The molecule has 0 atom stereocenters. The lowest BCUT2D eigenvalue weighted by Crippen LogP contribution is -1.88. The fourth-order valence-corrected chi connectivity index (χ4v) is 1.52. The van der Waals surface area contributed by atoms with E-state index in [1.165, 1.54) is 6.26 Å². The molecule has 1 aromatic heterocycles. The normalized spacial score (nSPS) is 10.3. The van der Waals surface area contributed by atoms with Gasteiger partial charge in [0.1, 0.15) is 17.7 Å². The quantitative estimate of drug-likeness (QED) is 0.750. The van der Waals surface area contributed by atoms with Crippen LogP contribution < -0.4 is 4.74 Å². The number of methoxy groups -OCH3 is 1. The van der Waals surface area contributed by atoms with E-state index < -0.39 is 0 Å². The van der Waals surface area contributed by atoms with E-state index in [-0.39, 0.29) is 0 Å². The minimum absolute atomic E-state index is 0.446. The fraction of sp³-hybridized carbons (Fsp3) is 0.182. The van der Waals surface area contributed by atoms with E-state index in [1.807, 2.05) is 18.2 Å². The summed E-state index contributed by atoms with van der Waals surface area (Å²) in [5.74, 6) is 1.22. The summed E-state index contributed by atoms with van der Waals surface area (Å²) >= 11 is 5.79. The minimum Gasteiger partial charge on any atom is -0.497 e. The van der Waals surface area contributed by atoms with Crippen LogP contribution in [0, 0.1) is 0 Å². The van der Waals surface area contributed by atoms with Gasteiger partial charge in [-0.25, -0.2) is 0 Å². The van der Waals surface area contributed by atoms with Gasteiger partial charge in [0.15, 0.2) is 0 Å². The molecule has 0 bridgehead atoms. The Bertz CT molecular complexity index is 418. The zero-order valence-electron chi connectivity index (χ0n) is 8.24. The molecule has 0 aliphatic carbocycles. The second-order valence-electron chi connectivity index (χ2n) is 3.09. The van der Waals surface area contributed by atoms with Crippen LogP contribution in [-0.2, 0) is 5.88 Å². The van der Waals surface area contributed by atoms with E-state index in [0.717, 1.165) is 22.6 Å². The summed E-state index contributed by atoms with van der Waals surface area (Å²) in [6.45, 7) is 0. The number of hydrogen-bond acceptors (Lipinski definition) is 3. The summed E-state index contributed by atoms with van der Waals surface area (Å²) in [7, 11) is 1.62. The summed E-state index contributed by atoms with van der Waals surface area (Å²) in [5, 5.41) is 3.86. The third kappa shape index (κ3) is 2.13. The van der Waals surface area contributed by atoms with Gasteiger partial charge < -0.3 is 9.26 Å². The Morgan fingerprint density at radius 1 is 1.40 bits per heavy atom. The van der Waals surface area contributed by atoms with Crippen LogP contribution in [-0.4, -0.2) is 12.3 Å². The van der Waals surface area contributed by atoms with Gasteiger partial charge in [-0.2, -0.15) is 0 Å². The largest absolute Gasteiger partial charge is 0.497 e. The number of rotatable bonds is 3. The lowest BCUT2D eigenvalue weighted by atomic mass is 10.1. The van der Waals surface area contributed by atoms with Gasteiger partial charge in [-0.15, -0.1) is 11.6 Å². The highest BCUT2D eigenvalue weighted by Gasteiger charge is 2.05.